The van der Waals surface area contributed by atoms with Crippen LogP contribution in [0.5, 0.6) is 11.5 Å². The molecular formula is C16H12N3O13PS2. The molecule has 3 aromatic rings. The summed E-state index contributed by atoms with van der Waals surface area (Å²) in [6.45, 7) is 0. The predicted molar refractivity (Wildman–Crippen MR) is 116 cm³/mol. The van der Waals surface area contributed by atoms with Crippen molar-refractivity contribution in [1.82, 2.24) is 0 Å². The van der Waals surface area contributed by atoms with Crippen molar-refractivity contribution in [3.63, 3.8) is 0 Å². The van der Waals surface area contributed by atoms with Gasteiger partial charge in [-0.1, -0.05) is 0 Å². The van der Waals surface area contributed by atoms with Crippen molar-refractivity contribution in [1.29, 1.82) is 0 Å². The number of fused-ring (bicyclic) bond motifs is 1. The Labute approximate surface area is 194 Å². The minimum atomic E-state index is -5.22. The second kappa shape index (κ2) is 8.61. The Morgan fingerprint density at radius 2 is 1.54 bits per heavy atom. The van der Waals surface area contributed by atoms with Gasteiger partial charge in [-0.15, -0.1) is 10.2 Å². The van der Waals surface area contributed by atoms with Crippen molar-refractivity contribution < 1.29 is 55.4 Å². The van der Waals surface area contributed by atoms with Crippen LogP contribution >= 0.6 is 7.60 Å². The molecule has 19 heteroatoms. The van der Waals surface area contributed by atoms with Gasteiger partial charge >= 0.3 is 7.60 Å². The summed E-state index contributed by atoms with van der Waals surface area (Å²) in [4.78, 5) is 26.9. The molecule has 0 aromatic heterocycles. The summed E-state index contributed by atoms with van der Waals surface area (Å²) in [5.74, 6) is -2.12. The molecule has 0 saturated heterocycles. The van der Waals surface area contributed by atoms with Gasteiger partial charge in [0.25, 0.3) is 25.9 Å². The predicted octanol–water partition coefficient (Wildman–Crippen LogP) is 1.87. The minimum absolute atomic E-state index is 0.479. The number of hydrogen-bond donors (Lipinski definition) is 6. The molecule has 0 fully saturated rings. The van der Waals surface area contributed by atoms with Gasteiger partial charge in [-0.05, 0) is 23.6 Å². The molecule has 0 radical (unpaired) electrons. The zero-order chi connectivity index (χ0) is 26.5. The highest BCUT2D eigenvalue weighted by atomic mass is 32.2. The maximum absolute atomic E-state index is 11.9. The molecule has 0 saturated carbocycles. The monoisotopic (exact) mass is 549 g/mol. The molecule has 6 N–H and O–H groups in total. The number of hydrogen-bond acceptors (Lipinski definition) is 11. The van der Waals surface area contributed by atoms with E-state index in [1.165, 1.54) is 0 Å². The second-order valence-corrected chi connectivity index (χ2v) is 11.1. The van der Waals surface area contributed by atoms with Crippen molar-refractivity contribution in [3.05, 3.63) is 46.5 Å². The van der Waals surface area contributed by atoms with E-state index in [9.17, 15) is 60.6 Å². The molecule has 0 bridgehead atoms. The summed E-state index contributed by atoms with van der Waals surface area (Å²) in [7, 11) is -15.3. The van der Waals surface area contributed by atoms with Gasteiger partial charge in [-0.25, -0.2) is 0 Å². The van der Waals surface area contributed by atoms with E-state index in [4.69, 9.17) is 0 Å². The fraction of sp³-hybridized carbons (Fsp3) is 0. The standard InChI is InChI=1S/C16H12N3O13PS2/c20-11-6-9(34(27,28)29)3-7-4-13(35(30,31)32)15(16(21)14(7)11)18-17-10-2-1-8(19(22)23)5-12(10)33(24,25)26/h1-6,20-21H,(H2,24,25,26)(H,27,28,29)(H,30,31,32). The fourth-order valence-corrected chi connectivity index (χ4v) is 4.84. The topological polar surface area (TPSA) is 275 Å². The van der Waals surface area contributed by atoms with Crippen molar-refractivity contribution in [2.24, 2.45) is 10.2 Å². The van der Waals surface area contributed by atoms with E-state index in [0.29, 0.717) is 24.3 Å². The molecule has 0 amide bonds. The van der Waals surface area contributed by atoms with Crippen molar-refractivity contribution in [2.75, 3.05) is 0 Å². The third-order valence-corrected chi connectivity index (χ3v) is 7.10. The second-order valence-electron chi connectivity index (χ2n) is 6.74. The SMILES string of the molecule is O=[N+]([O-])c1ccc(N=Nc2c(S(=O)(=O)O)cc3cc(S(=O)(=O)O)cc(O)c3c2O)c(P(=O)(O)O)c1. The lowest BCUT2D eigenvalue weighted by Crippen LogP contribution is -2.06. The van der Waals surface area contributed by atoms with E-state index in [1.807, 2.05) is 0 Å². The number of phenolic OH excluding ortho intramolecular Hbond substituents is 2. The van der Waals surface area contributed by atoms with Crippen LogP contribution in [0.4, 0.5) is 17.1 Å². The van der Waals surface area contributed by atoms with Crippen LogP contribution in [0.25, 0.3) is 10.8 Å². The first-order valence-corrected chi connectivity index (χ1v) is 13.1. The highest BCUT2D eigenvalue weighted by Gasteiger charge is 2.27. The molecule has 0 spiro atoms. The third kappa shape index (κ3) is 5.28. The maximum atomic E-state index is 11.9. The largest absolute Gasteiger partial charge is 0.507 e. The Morgan fingerprint density at radius 1 is 0.914 bits per heavy atom. The first-order valence-electron chi connectivity index (χ1n) is 8.65. The molecule has 16 nitrogen and oxygen atoms in total. The average molecular weight is 549 g/mol. The van der Waals surface area contributed by atoms with Gasteiger partial charge in [0.15, 0.2) is 5.75 Å². The quantitative estimate of drug-likeness (QED) is 0.0843. The molecule has 0 aliphatic carbocycles. The Balaban J connectivity index is 2.35. The number of benzene rings is 3. The molecular weight excluding hydrogens is 537 g/mol. The molecule has 3 aromatic carbocycles. The summed E-state index contributed by atoms with van der Waals surface area (Å²) < 4.78 is 77.0. The van der Waals surface area contributed by atoms with Gasteiger partial charge in [0.2, 0.25) is 0 Å². The van der Waals surface area contributed by atoms with Gasteiger partial charge in [0.1, 0.15) is 22.0 Å². The van der Waals surface area contributed by atoms with E-state index in [0.717, 1.165) is 12.1 Å². The summed E-state index contributed by atoms with van der Waals surface area (Å²) in [5.41, 5.74) is -2.42. The first-order chi connectivity index (χ1) is 15.9. The number of aromatic hydroxyl groups is 2. The Hall–Kier alpha value is -3.51. The van der Waals surface area contributed by atoms with Crippen LogP contribution in [0.15, 0.2) is 56.4 Å². The normalized spacial score (nSPS) is 12.9. The number of rotatable bonds is 6. The summed E-state index contributed by atoms with van der Waals surface area (Å²) in [6, 6.07) is 3.85. The first kappa shape index (κ1) is 26.1. The Morgan fingerprint density at radius 3 is 2.06 bits per heavy atom. The number of azo groups is 1. The molecule has 3 rings (SSSR count). The van der Waals surface area contributed by atoms with Crippen LogP contribution in [0.3, 0.4) is 0 Å². The zero-order valence-electron chi connectivity index (χ0n) is 16.6. The number of non-ortho nitro benzene ring substituents is 1. The third-order valence-electron chi connectivity index (χ3n) is 4.42. The van der Waals surface area contributed by atoms with E-state index < -0.39 is 87.2 Å². The summed E-state index contributed by atoms with van der Waals surface area (Å²) in [5, 5.41) is 36.4. The van der Waals surface area contributed by atoms with Crippen LogP contribution in [-0.4, -0.2) is 50.9 Å². The maximum Gasteiger partial charge on any atom is 0.358 e. The summed E-state index contributed by atoms with van der Waals surface area (Å²) >= 11 is 0. The number of nitrogens with zero attached hydrogens (tertiary/aromatic N) is 3. The number of nitro benzene ring substituents is 1. The molecule has 186 valence electrons. The van der Waals surface area contributed by atoms with E-state index in [-0.39, 0.29) is 0 Å². The van der Waals surface area contributed by atoms with Crippen molar-refractivity contribution >= 4 is 61.0 Å². The molecule has 0 unspecified atom stereocenters. The lowest BCUT2D eigenvalue weighted by molar-refractivity contribution is -0.384. The van der Waals surface area contributed by atoms with Crippen LogP contribution in [-0.2, 0) is 24.8 Å². The van der Waals surface area contributed by atoms with E-state index >= 15 is 0 Å². The Kier molecular flexibility index (Phi) is 6.42. The zero-order valence-corrected chi connectivity index (χ0v) is 19.1. The minimum Gasteiger partial charge on any atom is -0.507 e. The van der Waals surface area contributed by atoms with E-state index in [2.05, 4.69) is 10.2 Å². The van der Waals surface area contributed by atoms with Gasteiger partial charge in [0.05, 0.1) is 20.5 Å². The van der Waals surface area contributed by atoms with Crippen molar-refractivity contribution in [2.45, 2.75) is 9.79 Å². The molecule has 0 aliphatic heterocycles. The average Bonchev–Trinajstić information content (AvgIpc) is 2.70. The lowest BCUT2D eigenvalue weighted by atomic mass is 10.1. The number of phenols is 2. The van der Waals surface area contributed by atoms with Gasteiger partial charge in [-0.2, -0.15) is 16.8 Å². The highest BCUT2D eigenvalue weighted by Crippen LogP contribution is 2.46. The highest BCUT2D eigenvalue weighted by molar-refractivity contribution is 7.86. The van der Waals surface area contributed by atoms with Gasteiger partial charge < -0.3 is 20.0 Å². The molecule has 0 aliphatic rings. The van der Waals surface area contributed by atoms with E-state index in [1.54, 1.807) is 0 Å². The summed E-state index contributed by atoms with van der Waals surface area (Å²) in [6.07, 6.45) is 0. The smallest absolute Gasteiger partial charge is 0.358 e. The molecule has 35 heavy (non-hydrogen) atoms. The van der Waals surface area contributed by atoms with Crippen LogP contribution in [0.1, 0.15) is 0 Å². The van der Waals surface area contributed by atoms with Gasteiger partial charge in [0, 0.05) is 18.2 Å². The van der Waals surface area contributed by atoms with Crippen LogP contribution < -0.4 is 5.30 Å². The van der Waals surface area contributed by atoms with Crippen LogP contribution in [0.2, 0.25) is 0 Å². The molecule has 0 heterocycles. The van der Waals surface area contributed by atoms with Crippen molar-refractivity contribution in [3.8, 4) is 11.5 Å². The molecule has 0 atom stereocenters. The Bertz CT molecular complexity index is 1700. The lowest BCUT2D eigenvalue weighted by Gasteiger charge is -2.11. The number of nitro groups is 1. The fourth-order valence-electron chi connectivity index (χ4n) is 2.93. The van der Waals surface area contributed by atoms with Crippen LogP contribution in [0, 0.1) is 10.1 Å². The van der Waals surface area contributed by atoms with Gasteiger partial charge in [-0.3, -0.25) is 23.8 Å².